The number of hydrogen-bond acceptors (Lipinski definition) is 2. The smallest absolute Gasteiger partial charge is 0.335 e. The van der Waals surface area contributed by atoms with E-state index in [1.165, 1.54) is 12.1 Å². The van der Waals surface area contributed by atoms with Crippen molar-refractivity contribution in [2.75, 3.05) is 0 Å². The molecule has 0 bridgehead atoms. The third-order valence-corrected chi connectivity index (χ3v) is 4.03. The van der Waals surface area contributed by atoms with E-state index in [4.69, 9.17) is 5.11 Å². The predicted octanol–water partition coefficient (Wildman–Crippen LogP) is 4.69. The van der Waals surface area contributed by atoms with Gasteiger partial charge in [-0.25, -0.2) is 4.79 Å². The molecule has 1 aromatic heterocycles. The number of carboxylic acids is 1. The summed E-state index contributed by atoms with van der Waals surface area (Å²) >= 11 is 3.45. The van der Waals surface area contributed by atoms with Gasteiger partial charge in [0, 0.05) is 27.1 Å². The zero-order valence-corrected chi connectivity index (χ0v) is 13.5. The van der Waals surface area contributed by atoms with Crippen molar-refractivity contribution in [3.8, 4) is 6.07 Å². The molecule has 0 spiro atoms. The van der Waals surface area contributed by atoms with Gasteiger partial charge in [0.25, 0.3) is 0 Å². The van der Waals surface area contributed by atoms with Gasteiger partial charge in [0.2, 0.25) is 0 Å². The maximum atomic E-state index is 10.9. The van der Waals surface area contributed by atoms with Crippen molar-refractivity contribution in [3.63, 3.8) is 0 Å². The molecule has 3 aromatic rings. The highest BCUT2D eigenvalue weighted by molar-refractivity contribution is 9.10. The topological polar surface area (TPSA) is 76.9 Å². The Morgan fingerprint density at radius 1 is 1.17 bits per heavy atom. The molecule has 0 amide bonds. The number of nitriles is 1. The summed E-state index contributed by atoms with van der Waals surface area (Å²) < 4.78 is 0.962. The number of aromatic carboxylic acids is 1. The lowest BCUT2D eigenvalue weighted by Crippen LogP contribution is -1.95. The third-order valence-electron chi connectivity index (χ3n) is 3.54. The Morgan fingerprint density at radius 3 is 2.52 bits per heavy atom. The molecule has 4 nitrogen and oxygen atoms in total. The first-order valence-corrected chi connectivity index (χ1v) is 7.60. The molecule has 0 radical (unpaired) electrons. The number of nitrogens with one attached hydrogen (secondary N) is 1. The van der Waals surface area contributed by atoms with Crippen LogP contribution < -0.4 is 0 Å². The minimum atomic E-state index is -0.986. The lowest BCUT2D eigenvalue weighted by molar-refractivity contribution is 0.0697. The van der Waals surface area contributed by atoms with E-state index in [1.807, 2.05) is 24.4 Å². The Hall–Kier alpha value is -2.84. The Balaban J connectivity index is 2.05. The van der Waals surface area contributed by atoms with Gasteiger partial charge < -0.3 is 10.1 Å². The highest BCUT2D eigenvalue weighted by atomic mass is 79.9. The van der Waals surface area contributed by atoms with E-state index in [1.54, 1.807) is 18.2 Å². The van der Waals surface area contributed by atoms with E-state index in [2.05, 4.69) is 27.0 Å². The van der Waals surface area contributed by atoms with E-state index in [-0.39, 0.29) is 5.56 Å². The van der Waals surface area contributed by atoms with Gasteiger partial charge in [0.15, 0.2) is 0 Å². The Bertz CT molecular complexity index is 963. The van der Waals surface area contributed by atoms with Crippen LogP contribution in [0.15, 0.2) is 53.1 Å². The summed E-state index contributed by atoms with van der Waals surface area (Å²) in [6.45, 7) is 0. The summed E-state index contributed by atoms with van der Waals surface area (Å²) in [5.74, 6) is -0.986. The number of aromatic amines is 1. The molecule has 2 aromatic carbocycles. The number of hydrogen-bond donors (Lipinski definition) is 2. The van der Waals surface area contributed by atoms with Crippen molar-refractivity contribution in [1.29, 1.82) is 5.26 Å². The van der Waals surface area contributed by atoms with Crippen molar-refractivity contribution in [1.82, 2.24) is 4.98 Å². The maximum Gasteiger partial charge on any atom is 0.335 e. The number of halogens is 1. The quantitative estimate of drug-likeness (QED) is 0.659. The first kappa shape index (κ1) is 15.1. The Morgan fingerprint density at radius 2 is 1.87 bits per heavy atom. The van der Waals surface area contributed by atoms with Gasteiger partial charge in [-0.2, -0.15) is 5.26 Å². The van der Waals surface area contributed by atoms with Crippen LogP contribution >= 0.6 is 15.9 Å². The number of carboxylic acid groups (broad SMARTS) is 1. The van der Waals surface area contributed by atoms with E-state index in [0.29, 0.717) is 11.1 Å². The maximum absolute atomic E-state index is 10.9. The van der Waals surface area contributed by atoms with Crippen LogP contribution in [0.3, 0.4) is 0 Å². The molecule has 0 aliphatic carbocycles. The van der Waals surface area contributed by atoms with Gasteiger partial charge in [0.1, 0.15) is 0 Å². The minimum Gasteiger partial charge on any atom is -0.478 e. The number of allylic oxidation sites excluding steroid dienone is 1. The lowest BCUT2D eigenvalue weighted by Gasteiger charge is -2.01. The van der Waals surface area contributed by atoms with Gasteiger partial charge in [-0.05, 0) is 42.0 Å². The number of carbonyl (C=O) groups is 1. The second-order valence-corrected chi connectivity index (χ2v) is 5.90. The predicted molar refractivity (Wildman–Crippen MR) is 92.9 cm³/mol. The first-order valence-electron chi connectivity index (χ1n) is 6.80. The molecule has 0 saturated carbocycles. The normalized spacial score (nSPS) is 11.4. The van der Waals surface area contributed by atoms with E-state index >= 15 is 0 Å². The van der Waals surface area contributed by atoms with Gasteiger partial charge in [-0.3, -0.25) is 0 Å². The SMILES string of the molecule is N#C/C(=C/c1c[nH]c2ccc(Br)cc12)c1ccc(C(=O)O)cc1. The van der Waals surface area contributed by atoms with Crippen molar-refractivity contribution < 1.29 is 9.90 Å². The minimum absolute atomic E-state index is 0.196. The fourth-order valence-electron chi connectivity index (χ4n) is 2.36. The van der Waals surface area contributed by atoms with Crippen LogP contribution in [0, 0.1) is 11.3 Å². The Labute approximate surface area is 140 Å². The van der Waals surface area contributed by atoms with Gasteiger partial charge in [-0.1, -0.05) is 28.1 Å². The number of H-pyrrole nitrogens is 1. The number of aromatic nitrogens is 1. The largest absolute Gasteiger partial charge is 0.478 e. The Kier molecular flexibility index (Phi) is 4.00. The zero-order chi connectivity index (χ0) is 16.4. The van der Waals surface area contributed by atoms with Crippen LogP contribution in [0.5, 0.6) is 0 Å². The molecule has 0 atom stereocenters. The van der Waals surface area contributed by atoms with Crippen LogP contribution in [0.2, 0.25) is 0 Å². The first-order chi connectivity index (χ1) is 11.1. The number of nitrogens with zero attached hydrogens (tertiary/aromatic N) is 1. The molecule has 0 fully saturated rings. The summed E-state index contributed by atoms with van der Waals surface area (Å²) in [5.41, 5.74) is 3.24. The van der Waals surface area contributed by atoms with Crippen molar-refractivity contribution in [3.05, 3.63) is 69.8 Å². The van der Waals surface area contributed by atoms with Gasteiger partial charge in [0.05, 0.1) is 17.2 Å². The molecule has 0 unspecified atom stereocenters. The number of fused-ring (bicyclic) bond motifs is 1. The summed E-state index contributed by atoms with van der Waals surface area (Å²) in [4.78, 5) is 14.1. The molecule has 23 heavy (non-hydrogen) atoms. The second kappa shape index (κ2) is 6.11. The van der Waals surface area contributed by atoms with Crippen LogP contribution in [-0.2, 0) is 0 Å². The van der Waals surface area contributed by atoms with E-state index < -0.39 is 5.97 Å². The molecule has 5 heteroatoms. The van der Waals surface area contributed by atoms with Crippen LogP contribution in [0.1, 0.15) is 21.5 Å². The fraction of sp³-hybridized carbons (Fsp3) is 0. The fourth-order valence-corrected chi connectivity index (χ4v) is 2.72. The monoisotopic (exact) mass is 366 g/mol. The van der Waals surface area contributed by atoms with Gasteiger partial charge >= 0.3 is 5.97 Å². The standard InChI is InChI=1S/C18H11BrN2O2/c19-15-5-6-17-16(8-15)14(10-21-17)7-13(9-20)11-1-3-12(4-2-11)18(22)23/h1-8,10,21H,(H,22,23)/b13-7-. The molecule has 0 aliphatic rings. The molecule has 112 valence electrons. The number of benzene rings is 2. The summed E-state index contributed by atoms with van der Waals surface area (Å²) in [5, 5.41) is 19.4. The molecule has 0 aliphatic heterocycles. The highest BCUT2D eigenvalue weighted by Gasteiger charge is 2.07. The average molecular weight is 367 g/mol. The summed E-state index contributed by atoms with van der Waals surface area (Å²) in [7, 11) is 0. The molecule has 3 rings (SSSR count). The van der Waals surface area contributed by atoms with Crippen molar-refractivity contribution in [2.45, 2.75) is 0 Å². The van der Waals surface area contributed by atoms with Crippen molar-refractivity contribution >= 4 is 44.5 Å². The number of rotatable bonds is 3. The van der Waals surface area contributed by atoms with Crippen LogP contribution in [0.25, 0.3) is 22.6 Å². The summed E-state index contributed by atoms with van der Waals surface area (Å²) in [6, 6.07) is 14.3. The van der Waals surface area contributed by atoms with Crippen molar-refractivity contribution in [2.24, 2.45) is 0 Å². The average Bonchev–Trinajstić information content (AvgIpc) is 2.94. The molecule has 2 N–H and O–H groups in total. The zero-order valence-electron chi connectivity index (χ0n) is 11.9. The molecule has 0 saturated heterocycles. The third kappa shape index (κ3) is 3.03. The van der Waals surface area contributed by atoms with Crippen LogP contribution in [-0.4, -0.2) is 16.1 Å². The molecular weight excluding hydrogens is 356 g/mol. The van der Waals surface area contributed by atoms with E-state index in [0.717, 1.165) is 20.9 Å². The molecule has 1 heterocycles. The van der Waals surface area contributed by atoms with Crippen LogP contribution in [0.4, 0.5) is 0 Å². The van der Waals surface area contributed by atoms with E-state index in [9.17, 15) is 10.1 Å². The highest BCUT2D eigenvalue weighted by Crippen LogP contribution is 2.26. The van der Waals surface area contributed by atoms with Gasteiger partial charge in [-0.15, -0.1) is 0 Å². The lowest BCUT2D eigenvalue weighted by atomic mass is 10.0. The summed E-state index contributed by atoms with van der Waals surface area (Å²) in [6.07, 6.45) is 3.64. The second-order valence-electron chi connectivity index (χ2n) is 4.99. The molecular formula is C18H11BrN2O2.